The van der Waals surface area contributed by atoms with E-state index in [9.17, 15) is 10.2 Å². The van der Waals surface area contributed by atoms with Crippen molar-refractivity contribution in [3.63, 3.8) is 0 Å². The van der Waals surface area contributed by atoms with Gasteiger partial charge in [0.05, 0.1) is 5.69 Å². The molecule has 0 bridgehead atoms. The van der Waals surface area contributed by atoms with Gasteiger partial charge in [-0.2, -0.15) is 9.97 Å². The molecule has 1 aliphatic rings. The van der Waals surface area contributed by atoms with Crippen molar-refractivity contribution in [2.24, 2.45) is 0 Å². The Kier molecular flexibility index (Phi) is 2.59. The summed E-state index contributed by atoms with van der Waals surface area (Å²) in [5.74, 6) is -0.124. The van der Waals surface area contributed by atoms with Gasteiger partial charge in [-0.1, -0.05) is 29.8 Å². The van der Waals surface area contributed by atoms with Crippen molar-refractivity contribution in [2.45, 2.75) is 18.8 Å². The van der Waals surface area contributed by atoms with Crippen molar-refractivity contribution in [3.8, 4) is 11.9 Å². The second-order valence-electron chi connectivity index (χ2n) is 4.32. The third-order valence-corrected chi connectivity index (χ3v) is 3.64. The molecule has 2 aromatic rings. The Morgan fingerprint density at radius 1 is 1.17 bits per heavy atom. The number of nitrogens with zero attached hydrogens (tertiary/aromatic N) is 2. The zero-order chi connectivity index (χ0) is 12.7. The van der Waals surface area contributed by atoms with E-state index >= 15 is 0 Å². The molecule has 0 saturated carbocycles. The predicted molar refractivity (Wildman–Crippen MR) is 67.0 cm³/mol. The van der Waals surface area contributed by atoms with Crippen LogP contribution >= 0.6 is 11.6 Å². The van der Waals surface area contributed by atoms with Gasteiger partial charge in [0.25, 0.3) is 0 Å². The van der Waals surface area contributed by atoms with Crippen LogP contribution in [-0.4, -0.2) is 20.2 Å². The van der Waals surface area contributed by atoms with Crippen LogP contribution in [0.5, 0.6) is 11.9 Å². The van der Waals surface area contributed by atoms with Crippen LogP contribution in [0.3, 0.4) is 0 Å². The number of rotatable bonds is 1. The maximum atomic E-state index is 9.70. The minimum absolute atomic E-state index is 0.00787. The number of hydrogen-bond acceptors (Lipinski definition) is 4. The summed E-state index contributed by atoms with van der Waals surface area (Å²) in [7, 11) is 0. The number of benzene rings is 1. The van der Waals surface area contributed by atoms with Gasteiger partial charge in [0.1, 0.15) is 0 Å². The lowest BCUT2D eigenvalue weighted by molar-refractivity contribution is 0.392. The molecule has 5 heteroatoms. The average Bonchev–Trinajstić information content (AvgIpc) is 2.73. The number of aromatic nitrogens is 2. The van der Waals surface area contributed by atoms with Gasteiger partial charge in [-0.15, -0.1) is 0 Å². The van der Waals surface area contributed by atoms with E-state index in [-0.39, 0.29) is 11.8 Å². The summed E-state index contributed by atoms with van der Waals surface area (Å²) >= 11 is 6.18. The Bertz CT molecular complexity index is 616. The first-order chi connectivity index (χ1) is 8.66. The lowest BCUT2D eigenvalue weighted by Crippen LogP contribution is -2.00. The number of fused-ring (bicyclic) bond motifs is 1. The summed E-state index contributed by atoms with van der Waals surface area (Å²) in [6, 6.07) is 7.16. The molecule has 0 radical (unpaired) electrons. The third kappa shape index (κ3) is 1.69. The standard InChI is InChI=1S/C13H11ClN2O2/c14-10-4-2-1-3-7(10)8-5-6-9-11(8)15-13(18)16-12(9)17/h1-4,8H,5-6H2,(H2,15,16,17,18). The quantitative estimate of drug-likeness (QED) is 0.829. The Morgan fingerprint density at radius 3 is 2.72 bits per heavy atom. The molecule has 3 rings (SSSR count). The molecule has 92 valence electrons. The molecule has 0 saturated heterocycles. The highest BCUT2D eigenvalue weighted by Crippen LogP contribution is 2.42. The molecular formula is C13H11ClN2O2. The SMILES string of the molecule is Oc1nc(O)c2c(n1)C(c1ccccc1Cl)CC2. The first-order valence-electron chi connectivity index (χ1n) is 5.70. The highest BCUT2D eigenvalue weighted by Gasteiger charge is 2.30. The lowest BCUT2D eigenvalue weighted by atomic mass is 9.97. The number of hydrogen-bond donors (Lipinski definition) is 2. The van der Waals surface area contributed by atoms with Crippen molar-refractivity contribution < 1.29 is 10.2 Å². The van der Waals surface area contributed by atoms with E-state index in [0.717, 1.165) is 12.0 Å². The van der Waals surface area contributed by atoms with Crippen LogP contribution in [-0.2, 0) is 6.42 Å². The second-order valence-corrected chi connectivity index (χ2v) is 4.73. The van der Waals surface area contributed by atoms with Crippen molar-refractivity contribution in [1.82, 2.24) is 9.97 Å². The minimum atomic E-state index is -0.398. The van der Waals surface area contributed by atoms with Crippen molar-refractivity contribution in [1.29, 1.82) is 0 Å². The maximum absolute atomic E-state index is 9.70. The molecular weight excluding hydrogens is 252 g/mol. The fraction of sp³-hybridized carbons (Fsp3) is 0.231. The average molecular weight is 263 g/mol. The van der Waals surface area contributed by atoms with Gasteiger partial charge in [-0.25, -0.2) is 0 Å². The Labute approximate surface area is 109 Å². The van der Waals surface area contributed by atoms with Gasteiger partial charge in [0, 0.05) is 16.5 Å². The van der Waals surface area contributed by atoms with E-state index in [4.69, 9.17) is 11.6 Å². The second kappa shape index (κ2) is 4.14. The monoisotopic (exact) mass is 262 g/mol. The first kappa shape index (κ1) is 11.3. The minimum Gasteiger partial charge on any atom is -0.493 e. The Hall–Kier alpha value is -1.81. The molecule has 1 aromatic carbocycles. The molecule has 1 aliphatic carbocycles. The fourth-order valence-electron chi connectivity index (χ4n) is 2.49. The molecule has 1 unspecified atom stereocenters. The Balaban J connectivity index is 2.13. The van der Waals surface area contributed by atoms with Gasteiger partial charge in [0.2, 0.25) is 5.88 Å². The van der Waals surface area contributed by atoms with Gasteiger partial charge in [-0.05, 0) is 24.5 Å². The zero-order valence-electron chi connectivity index (χ0n) is 9.47. The zero-order valence-corrected chi connectivity index (χ0v) is 10.2. The van der Waals surface area contributed by atoms with Crippen molar-refractivity contribution in [2.75, 3.05) is 0 Å². The van der Waals surface area contributed by atoms with E-state index in [1.165, 1.54) is 0 Å². The van der Waals surface area contributed by atoms with Crippen molar-refractivity contribution >= 4 is 11.6 Å². The highest BCUT2D eigenvalue weighted by molar-refractivity contribution is 6.31. The largest absolute Gasteiger partial charge is 0.493 e. The van der Waals surface area contributed by atoms with E-state index < -0.39 is 6.01 Å². The smallest absolute Gasteiger partial charge is 0.317 e. The third-order valence-electron chi connectivity index (χ3n) is 3.30. The summed E-state index contributed by atoms with van der Waals surface area (Å²) in [6.45, 7) is 0. The fourth-order valence-corrected chi connectivity index (χ4v) is 2.76. The highest BCUT2D eigenvalue weighted by atomic mass is 35.5. The summed E-state index contributed by atoms with van der Waals surface area (Å²) in [4.78, 5) is 7.60. The molecule has 4 nitrogen and oxygen atoms in total. The molecule has 1 atom stereocenters. The van der Waals surface area contributed by atoms with Gasteiger partial charge in [0.15, 0.2) is 0 Å². The molecule has 0 spiro atoms. The summed E-state index contributed by atoms with van der Waals surface area (Å²) in [6.07, 6.45) is 1.50. The van der Waals surface area contributed by atoms with Crippen LogP contribution in [0, 0.1) is 0 Å². The van der Waals surface area contributed by atoms with E-state index in [2.05, 4.69) is 9.97 Å². The summed E-state index contributed by atoms with van der Waals surface area (Å²) in [5, 5.41) is 19.8. The molecule has 1 heterocycles. The van der Waals surface area contributed by atoms with Crippen LogP contribution in [0.2, 0.25) is 5.02 Å². The van der Waals surface area contributed by atoms with Crippen LogP contribution in [0.25, 0.3) is 0 Å². The first-order valence-corrected chi connectivity index (χ1v) is 6.08. The van der Waals surface area contributed by atoms with Gasteiger partial charge >= 0.3 is 6.01 Å². The Morgan fingerprint density at radius 2 is 1.94 bits per heavy atom. The van der Waals surface area contributed by atoms with Crippen LogP contribution < -0.4 is 0 Å². The van der Waals surface area contributed by atoms with E-state index in [1.54, 1.807) is 0 Å². The lowest BCUT2D eigenvalue weighted by Gasteiger charge is -2.12. The van der Waals surface area contributed by atoms with E-state index in [0.29, 0.717) is 22.7 Å². The summed E-state index contributed by atoms with van der Waals surface area (Å²) < 4.78 is 0. The predicted octanol–water partition coefficient (Wildman–Crippen LogP) is 2.62. The molecule has 0 aliphatic heterocycles. The van der Waals surface area contributed by atoms with Crippen LogP contribution in [0.4, 0.5) is 0 Å². The molecule has 1 aromatic heterocycles. The molecule has 0 amide bonds. The molecule has 2 N–H and O–H groups in total. The van der Waals surface area contributed by atoms with Gasteiger partial charge in [-0.3, -0.25) is 0 Å². The van der Waals surface area contributed by atoms with Crippen molar-refractivity contribution in [3.05, 3.63) is 46.1 Å². The molecule has 18 heavy (non-hydrogen) atoms. The van der Waals surface area contributed by atoms with Gasteiger partial charge < -0.3 is 10.2 Å². The van der Waals surface area contributed by atoms with E-state index in [1.807, 2.05) is 24.3 Å². The topological polar surface area (TPSA) is 66.2 Å². The van der Waals surface area contributed by atoms with Crippen LogP contribution in [0.15, 0.2) is 24.3 Å². The maximum Gasteiger partial charge on any atom is 0.317 e. The number of aromatic hydroxyl groups is 2. The number of halogens is 1. The van der Waals surface area contributed by atoms with Crippen LogP contribution in [0.1, 0.15) is 29.2 Å². The normalized spacial score (nSPS) is 17.7. The summed E-state index contributed by atoms with van der Waals surface area (Å²) in [5.41, 5.74) is 2.35. The molecule has 0 fully saturated rings.